The summed E-state index contributed by atoms with van der Waals surface area (Å²) in [7, 11) is 0. The lowest BCUT2D eigenvalue weighted by Gasteiger charge is -2.12. The van der Waals surface area contributed by atoms with E-state index in [-0.39, 0.29) is 11.8 Å². The topological polar surface area (TPSA) is 137 Å². The molecule has 3 aromatic rings. The number of amides is 2. The number of fused-ring (bicyclic) bond motifs is 3. The number of hydrogen-bond donors (Lipinski definition) is 2. The molecule has 0 saturated carbocycles. The van der Waals surface area contributed by atoms with Crippen molar-refractivity contribution in [1.82, 2.24) is 9.97 Å². The van der Waals surface area contributed by atoms with Gasteiger partial charge in [-0.15, -0.1) is 0 Å². The molecule has 0 aliphatic rings. The first kappa shape index (κ1) is 23.0. The smallest absolute Gasteiger partial charge is 0.242 e. The van der Waals surface area contributed by atoms with E-state index in [0.29, 0.717) is 22.4 Å². The molecule has 166 valence electrons. The third kappa shape index (κ3) is 5.14. The van der Waals surface area contributed by atoms with E-state index in [9.17, 15) is 9.59 Å². The molecule has 0 bridgehead atoms. The molecule has 2 aromatic heterocycles. The number of hydrogen-bond acceptors (Lipinski definition) is 6. The van der Waals surface area contributed by atoms with Crippen molar-refractivity contribution in [2.24, 2.45) is 33.3 Å². The van der Waals surface area contributed by atoms with E-state index in [1.54, 1.807) is 12.4 Å². The van der Waals surface area contributed by atoms with E-state index < -0.39 is 23.9 Å². The molecule has 2 amide bonds. The molecular weight excluding hydrogens is 404 g/mol. The number of nitrogens with zero attached hydrogens (tertiary/aromatic N) is 4. The van der Waals surface area contributed by atoms with Crippen molar-refractivity contribution in [3.05, 3.63) is 47.8 Å². The molecule has 0 unspecified atom stereocenters. The van der Waals surface area contributed by atoms with Crippen molar-refractivity contribution in [1.29, 1.82) is 0 Å². The predicted octanol–water partition coefficient (Wildman–Crippen LogP) is 2.64. The zero-order chi connectivity index (χ0) is 23.4. The molecule has 0 saturated heterocycles. The first-order valence-electron chi connectivity index (χ1n) is 10.5. The van der Waals surface area contributed by atoms with Gasteiger partial charge in [-0.2, -0.15) is 0 Å². The van der Waals surface area contributed by atoms with Crippen LogP contribution in [-0.4, -0.2) is 46.3 Å². The summed E-state index contributed by atoms with van der Waals surface area (Å²) in [6.07, 6.45) is 3.14. The molecule has 8 heteroatoms. The van der Waals surface area contributed by atoms with E-state index in [1.165, 1.54) is 0 Å². The number of benzene rings is 1. The summed E-state index contributed by atoms with van der Waals surface area (Å²) in [5.41, 5.74) is 13.5. The van der Waals surface area contributed by atoms with Crippen LogP contribution in [0.1, 0.15) is 39.1 Å². The van der Waals surface area contributed by atoms with Crippen LogP contribution in [0.5, 0.6) is 0 Å². The summed E-state index contributed by atoms with van der Waals surface area (Å²) in [5.74, 6) is -0.959. The molecule has 2 heterocycles. The van der Waals surface area contributed by atoms with E-state index in [1.807, 2.05) is 64.1 Å². The highest BCUT2D eigenvalue weighted by Gasteiger charge is 2.18. The number of aromatic nitrogens is 2. The quantitative estimate of drug-likeness (QED) is 0.417. The lowest BCUT2D eigenvalue weighted by Crippen LogP contribution is -2.31. The Morgan fingerprint density at radius 3 is 1.38 bits per heavy atom. The van der Waals surface area contributed by atoms with Gasteiger partial charge in [-0.3, -0.25) is 19.6 Å². The van der Waals surface area contributed by atoms with Crippen molar-refractivity contribution in [2.75, 3.05) is 0 Å². The third-order valence-corrected chi connectivity index (χ3v) is 5.14. The Morgan fingerprint density at radius 2 is 1.06 bits per heavy atom. The lowest BCUT2D eigenvalue weighted by molar-refractivity contribution is -0.120. The minimum Gasteiger partial charge on any atom is -0.368 e. The molecule has 3 rings (SSSR count). The van der Waals surface area contributed by atoms with Crippen LogP contribution in [-0.2, 0) is 9.59 Å². The largest absolute Gasteiger partial charge is 0.368 e. The van der Waals surface area contributed by atoms with Gasteiger partial charge in [0.05, 0.1) is 22.4 Å². The van der Waals surface area contributed by atoms with Gasteiger partial charge in [-0.25, -0.2) is 9.97 Å². The SMILES string of the molecule is CC(C)[C@H](N=Cc1ccc2ccc3ccc(C=N[C@H](C(N)=O)C(C)C)nc3c2n1)C(N)=O. The molecule has 1 aromatic carbocycles. The summed E-state index contributed by atoms with van der Waals surface area (Å²) in [5, 5.41) is 1.84. The Hall–Kier alpha value is -3.68. The van der Waals surface area contributed by atoms with Crippen LogP contribution in [0.3, 0.4) is 0 Å². The maximum Gasteiger partial charge on any atom is 0.242 e. The molecule has 0 radical (unpaired) electrons. The number of carbonyl (C=O) groups is 2. The maximum atomic E-state index is 11.6. The van der Waals surface area contributed by atoms with Crippen molar-refractivity contribution in [2.45, 2.75) is 39.8 Å². The normalized spacial score (nSPS) is 14.2. The summed E-state index contributed by atoms with van der Waals surface area (Å²) in [6, 6.07) is 10.3. The summed E-state index contributed by atoms with van der Waals surface area (Å²) >= 11 is 0. The van der Waals surface area contributed by atoms with Crippen LogP contribution in [0.25, 0.3) is 21.8 Å². The van der Waals surface area contributed by atoms with Crippen molar-refractivity contribution in [3.63, 3.8) is 0 Å². The first-order chi connectivity index (χ1) is 15.2. The van der Waals surface area contributed by atoms with Crippen LogP contribution in [0.15, 0.2) is 46.4 Å². The van der Waals surface area contributed by atoms with Crippen LogP contribution in [0.4, 0.5) is 0 Å². The minimum absolute atomic E-state index is 0.0105. The minimum atomic E-state index is -0.611. The summed E-state index contributed by atoms with van der Waals surface area (Å²) in [6.45, 7) is 7.57. The zero-order valence-electron chi connectivity index (χ0n) is 18.7. The Kier molecular flexibility index (Phi) is 6.92. The van der Waals surface area contributed by atoms with Gasteiger partial charge in [-0.05, 0) is 24.0 Å². The second-order valence-corrected chi connectivity index (χ2v) is 8.42. The van der Waals surface area contributed by atoms with Crippen LogP contribution < -0.4 is 11.5 Å². The van der Waals surface area contributed by atoms with E-state index >= 15 is 0 Å². The molecule has 0 spiro atoms. The van der Waals surface area contributed by atoms with Crippen LogP contribution in [0, 0.1) is 11.8 Å². The van der Waals surface area contributed by atoms with Crippen LogP contribution >= 0.6 is 0 Å². The highest BCUT2D eigenvalue weighted by atomic mass is 16.1. The Labute approximate surface area is 186 Å². The van der Waals surface area contributed by atoms with Crippen molar-refractivity contribution < 1.29 is 9.59 Å². The van der Waals surface area contributed by atoms with Gasteiger partial charge in [-0.1, -0.05) is 52.0 Å². The zero-order valence-corrected chi connectivity index (χ0v) is 18.7. The van der Waals surface area contributed by atoms with E-state index in [4.69, 9.17) is 21.4 Å². The maximum absolute atomic E-state index is 11.6. The molecule has 0 aliphatic heterocycles. The van der Waals surface area contributed by atoms with Gasteiger partial charge in [0.15, 0.2) is 0 Å². The van der Waals surface area contributed by atoms with Gasteiger partial charge in [0.2, 0.25) is 11.8 Å². The fourth-order valence-electron chi connectivity index (χ4n) is 3.40. The van der Waals surface area contributed by atoms with E-state index in [2.05, 4.69) is 9.98 Å². The molecule has 0 fully saturated rings. The predicted molar refractivity (Wildman–Crippen MR) is 128 cm³/mol. The molecule has 4 N–H and O–H groups in total. The van der Waals surface area contributed by atoms with E-state index in [0.717, 1.165) is 10.8 Å². The molecule has 2 atom stereocenters. The van der Waals surface area contributed by atoms with Gasteiger partial charge in [0.1, 0.15) is 12.1 Å². The highest BCUT2D eigenvalue weighted by Crippen LogP contribution is 2.23. The molecule has 0 aliphatic carbocycles. The second kappa shape index (κ2) is 9.64. The monoisotopic (exact) mass is 432 g/mol. The number of aliphatic imine (C=N–C) groups is 2. The number of nitrogens with two attached hydrogens (primary N) is 2. The summed E-state index contributed by atoms with van der Waals surface area (Å²) in [4.78, 5) is 41.3. The molecule has 32 heavy (non-hydrogen) atoms. The highest BCUT2D eigenvalue weighted by molar-refractivity contribution is 6.04. The average Bonchev–Trinajstić information content (AvgIpc) is 2.72. The fourth-order valence-corrected chi connectivity index (χ4v) is 3.40. The van der Waals surface area contributed by atoms with Gasteiger partial charge in [0.25, 0.3) is 0 Å². The average molecular weight is 433 g/mol. The number of carbonyl (C=O) groups excluding carboxylic acids is 2. The second-order valence-electron chi connectivity index (χ2n) is 8.42. The molecule has 8 nitrogen and oxygen atoms in total. The summed E-state index contributed by atoms with van der Waals surface area (Å²) < 4.78 is 0. The molecular formula is C24H28N6O2. The Morgan fingerprint density at radius 1 is 0.719 bits per heavy atom. The van der Waals surface area contributed by atoms with Crippen LogP contribution in [0.2, 0.25) is 0 Å². The lowest BCUT2D eigenvalue weighted by atomic mass is 10.0. The number of rotatable bonds is 8. The Bertz CT molecular complexity index is 1120. The fraction of sp³-hybridized carbons (Fsp3) is 0.333. The number of pyridine rings is 2. The Balaban J connectivity index is 2.03. The van der Waals surface area contributed by atoms with Gasteiger partial charge in [0, 0.05) is 23.2 Å². The van der Waals surface area contributed by atoms with Gasteiger partial charge >= 0.3 is 0 Å². The van der Waals surface area contributed by atoms with Crippen molar-refractivity contribution in [3.8, 4) is 0 Å². The third-order valence-electron chi connectivity index (χ3n) is 5.14. The number of primary amides is 2. The first-order valence-corrected chi connectivity index (χ1v) is 10.5. The van der Waals surface area contributed by atoms with Gasteiger partial charge < -0.3 is 11.5 Å². The van der Waals surface area contributed by atoms with Crippen molar-refractivity contribution >= 4 is 46.0 Å². The standard InChI is InChI=1S/C24H28N6O2/c1-13(2)19(23(25)31)27-11-17-9-7-15-5-6-16-8-10-18(30-22(16)21(15)29-17)12-28-20(14(3)4)24(26)32/h5-14,19-20H,1-4H3,(H2,25,31)(H2,26,32)/t19-,20-/m0/s1.